The van der Waals surface area contributed by atoms with Crippen molar-refractivity contribution in [3.63, 3.8) is 0 Å². The molecule has 0 radical (unpaired) electrons. The van der Waals surface area contributed by atoms with E-state index in [0.717, 1.165) is 11.8 Å². The van der Waals surface area contributed by atoms with E-state index in [1.54, 1.807) is 4.68 Å². The summed E-state index contributed by atoms with van der Waals surface area (Å²) in [5.74, 6) is 0.640. The molecule has 180 valence electrons. The summed E-state index contributed by atoms with van der Waals surface area (Å²) in [4.78, 5) is 4.28. The smallest absolute Gasteiger partial charge is 0.294 e. The minimum atomic E-state index is -4.41. The zero-order valence-electron chi connectivity index (χ0n) is 18.4. The summed E-state index contributed by atoms with van der Waals surface area (Å²) in [5, 5.41) is 12.7. The number of rotatable bonds is 4. The fourth-order valence-electron chi connectivity index (χ4n) is 4.11. The lowest BCUT2D eigenvalue weighted by atomic mass is 9.98. The first-order valence-corrected chi connectivity index (χ1v) is 12.5. The van der Waals surface area contributed by atoms with Crippen molar-refractivity contribution >= 4 is 45.1 Å². The van der Waals surface area contributed by atoms with Crippen LogP contribution in [0.2, 0.25) is 10.2 Å². The van der Waals surface area contributed by atoms with Crippen LogP contribution in [0.5, 0.6) is 0 Å². The van der Waals surface area contributed by atoms with Gasteiger partial charge in [0.1, 0.15) is 17.0 Å². The van der Waals surface area contributed by atoms with E-state index in [9.17, 15) is 13.0 Å². The number of aliphatic imine (C=N–C) groups is 1. The molecule has 2 aromatic carbocycles. The first-order chi connectivity index (χ1) is 16.6. The average molecular weight is 532 g/mol. The van der Waals surface area contributed by atoms with Crippen LogP contribution in [0, 0.1) is 13.8 Å². The summed E-state index contributed by atoms with van der Waals surface area (Å²) < 4.78 is 35.5. The quantitative estimate of drug-likeness (QED) is 0.337. The van der Waals surface area contributed by atoms with Gasteiger partial charge in [0.15, 0.2) is 5.96 Å². The molecule has 4 aromatic rings. The van der Waals surface area contributed by atoms with Gasteiger partial charge in [-0.1, -0.05) is 41.4 Å². The fraction of sp³-hybridized carbons (Fsp3) is 0.136. The molecule has 0 bridgehead atoms. The van der Waals surface area contributed by atoms with E-state index >= 15 is 0 Å². The zero-order valence-corrected chi connectivity index (χ0v) is 20.8. The van der Waals surface area contributed by atoms with Crippen molar-refractivity contribution in [2.75, 3.05) is 5.32 Å². The molecule has 1 atom stereocenters. The summed E-state index contributed by atoms with van der Waals surface area (Å²) in [7, 11) is -4.41. The topological polar surface area (TPSA) is 140 Å². The van der Waals surface area contributed by atoms with Crippen molar-refractivity contribution in [3.8, 4) is 11.4 Å². The lowest BCUT2D eigenvalue weighted by molar-refractivity contribution is 0.483. The summed E-state index contributed by atoms with van der Waals surface area (Å²) >= 11 is 13.2. The molecule has 1 aliphatic heterocycles. The predicted molar refractivity (Wildman–Crippen MR) is 134 cm³/mol. The van der Waals surface area contributed by atoms with Gasteiger partial charge in [-0.2, -0.15) is 18.6 Å². The molecule has 10 nitrogen and oxygen atoms in total. The monoisotopic (exact) mass is 531 g/mol. The SMILES string of the molecule is Cc1nn(-c2ccccc2)c(Cl)c1C1N=C(N)Nc2c1c(C)nn2-c1ccc(S(=O)(=O)O)cc1Cl. The van der Waals surface area contributed by atoms with E-state index < -0.39 is 16.2 Å². The van der Waals surface area contributed by atoms with Crippen molar-refractivity contribution in [1.29, 1.82) is 0 Å². The number of nitrogens with one attached hydrogen (secondary N) is 1. The normalized spacial score (nSPS) is 15.5. The number of guanidine groups is 1. The summed E-state index contributed by atoms with van der Waals surface area (Å²) in [6.07, 6.45) is 0. The molecular weight excluding hydrogens is 513 g/mol. The Morgan fingerprint density at radius 1 is 1.00 bits per heavy atom. The second-order valence-electron chi connectivity index (χ2n) is 7.93. The summed E-state index contributed by atoms with van der Waals surface area (Å²) in [6.45, 7) is 3.66. The van der Waals surface area contributed by atoms with E-state index in [2.05, 4.69) is 20.5 Å². The standard InChI is InChI=1S/C22H19Cl2N7O3S/c1-11-17(20(24)30(28-11)13-6-4-3-5-7-13)19-18-12(2)29-31(21(18)27-22(25)26-19)16-9-8-14(10-15(16)23)35(32,33)34/h3-10,19H,1-2H3,(H3,25,26,27)(H,32,33,34). The number of para-hydroxylation sites is 1. The molecule has 0 amide bonds. The van der Waals surface area contributed by atoms with Gasteiger partial charge in [-0.25, -0.2) is 14.4 Å². The molecule has 0 saturated carbocycles. The Labute approximate surface area is 210 Å². The number of hydrogen-bond acceptors (Lipinski definition) is 7. The average Bonchev–Trinajstić information content (AvgIpc) is 3.28. The van der Waals surface area contributed by atoms with E-state index in [1.165, 1.54) is 16.8 Å². The Morgan fingerprint density at radius 2 is 1.66 bits per heavy atom. The summed E-state index contributed by atoms with van der Waals surface area (Å²) in [6, 6.07) is 12.7. The second-order valence-corrected chi connectivity index (χ2v) is 10.1. The van der Waals surface area contributed by atoms with Crippen LogP contribution in [0.15, 0.2) is 58.4 Å². The van der Waals surface area contributed by atoms with Crippen LogP contribution >= 0.6 is 23.2 Å². The highest BCUT2D eigenvalue weighted by atomic mass is 35.5. The number of nitrogens with zero attached hydrogens (tertiary/aromatic N) is 5. The van der Waals surface area contributed by atoms with Crippen molar-refractivity contribution < 1.29 is 13.0 Å². The van der Waals surface area contributed by atoms with Crippen LogP contribution in [0.4, 0.5) is 5.82 Å². The Balaban J connectivity index is 1.66. The van der Waals surface area contributed by atoms with Crippen LogP contribution in [-0.4, -0.2) is 38.5 Å². The van der Waals surface area contributed by atoms with Crippen LogP contribution in [-0.2, 0) is 10.1 Å². The molecule has 0 aliphatic carbocycles. The van der Waals surface area contributed by atoms with Crippen LogP contribution < -0.4 is 11.1 Å². The molecule has 4 N–H and O–H groups in total. The van der Waals surface area contributed by atoms with E-state index in [4.69, 9.17) is 28.9 Å². The van der Waals surface area contributed by atoms with Gasteiger partial charge in [0.2, 0.25) is 0 Å². The molecule has 13 heteroatoms. The van der Waals surface area contributed by atoms with Crippen molar-refractivity contribution in [3.05, 3.63) is 81.2 Å². The van der Waals surface area contributed by atoms with Crippen molar-refractivity contribution in [1.82, 2.24) is 19.6 Å². The van der Waals surface area contributed by atoms with Gasteiger partial charge in [-0.15, -0.1) is 0 Å². The summed E-state index contributed by atoms with van der Waals surface area (Å²) in [5.41, 5.74) is 10.0. The number of hydrogen-bond donors (Lipinski definition) is 3. The van der Waals surface area contributed by atoms with Crippen molar-refractivity contribution in [2.45, 2.75) is 24.8 Å². The second kappa shape index (κ2) is 8.38. The molecule has 2 aromatic heterocycles. The molecule has 1 unspecified atom stereocenters. The van der Waals surface area contributed by atoms with Gasteiger partial charge in [0.05, 0.1) is 32.7 Å². The first kappa shape index (κ1) is 23.4. The lowest BCUT2D eigenvalue weighted by Crippen LogP contribution is -2.29. The molecule has 3 heterocycles. The largest absolute Gasteiger partial charge is 0.370 e. The molecular formula is C22H19Cl2N7O3S. The number of aromatic nitrogens is 4. The number of halogens is 2. The fourth-order valence-corrected chi connectivity index (χ4v) is 5.32. The highest BCUT2D eigenvalue weighted by Crippen LogP contribution is 2.42. The molecule has 0 saturated heterocycles. The highest BCUT2D eigenvalue weighted by Gasteiger charge is 2.34. The minimum absolute atomic E-state index is 0.0657. The van der Waals surface area contributed by atoms with Crippen molar-refractivity contribution in [2.24, 2.45) is 10.7 Å². The number of anilines is 1. The van der Waals surface area contributed by atoms with Gasteiger partial charge in [0, 0.05) is 11.1 Å². The van der Waals surface area contributed by atoms with Gasteiger partial charge >= 0.3 is 0 Å². The van der Waals surface area contributed by atoms with E-state index in [1.807, 2.05) is 44.2 Å². The van der Waals surface area contributed by atoms with Crippen LogP contribution in [0.1, 0.15) is 28.6 Å². The maximum atomic E-state index is 11.5. The Kier molecular flexibility index (Phi) is 5.59. The predicted octanol–water partition coefficient (Wildman–Crippen LogP) is 4.06. The zero-order chi connectivity index (χ0) is 25.1. The van der Waals surface area contributed by atoms with Gasteiger partial charge < -0.3 is 11.1 Å². The van der Waals surface area contributed by atoms with E-state index in [-0.39, 0.29) is 15.9 Å². The Hall–Kier alpha value is -3.38. The van der Waals surface area contributed by atoms with Crippen LogP contribution in [0.3, 0.4) is 0 Å². The lowest BCUT2D eigenvalue weighted by Gasteiger charge is -2.22. The maximum absolute atomic E-state index is 11.5. The third-order valence-corrected chi connectivity index (χ3v) is 7.18. The first-order valence-electron chi connectivity index (χ1n) is 10.3. The third-order valence-electron chi connectivity index (χ3n) is 5.66. The number of fused-ring (bicyclic) bond motifs is 1. The van der Waals surface area contributed by atoms with Gasteiger partial charge in [-0.3, -0.25) is 4.55 Å². The number of nitrogens with two attached hydrogens (primary N) is 1. The molecule has 0 fully saturated rings. The number of benzene rings is 2. The Bertz CT molecular complexity index is 1610. The van der Waals surface area contributed by atoms with E-state index in [0.29, 0.717) is 39.2 Å². The molecule has 35 heavy (non-hydrogen) atoms. The maximum Gasteiger partial charge on any atom is 0.294 e. The van der Waals surface area contributed by atoms with Gasteiger partial charge in [-0.05, 0) is 44.2 Å². The molecule has 1 aliphatic rings. The number of aryl methyl sites for hydroxylation is 2. The minimum Gasteiger partial charge on any atom is -0.370 e. The van der Waals surface area contributed by atoms with Crippen LogP contribution in [0.25, 0.3) is 11.4 Å². The van der Waals surface area contributed by atoms with Gasteiger partial charge in [0.25, 0.3) is 10.1 Å². The Morgan fingerprint density at radius 3 is 2.31 bits per heavy atom. The molecule has 0 spiro atoms. The third kappa shape index (κ3) is 3.96. The molecule has 5 rings (SSSR count). The highest BCUT2D eigenvalue weighted by molar-refractivity contribution is 7.85.